The third-order valence-electron chi connectivity index (χ3n) is 3.82. The molecule has 0 saturated heterocycles. The van der Waals surface area contributed by atoms with Crippen molar-refractivity contribution in [1.82, 2.24) is 5.32 Å². The molecule has 2 heteroatoms. The summed E-state index contributed by atoms with van der Waals surface area (Å²) in [5, 5.41) is 13.3. The molecule has 0 spiro atoms. The molecule has 1 aliphatic carbocycles. The lowest BCUT2D eigenvalue weighted by atomic mass is 9.78. The standard InChI is InChI=1S/C14H29NO/c1-11(2)12-7-5-6-8-13(12)15-10-9-14(3,4)16/h11-13,15-16H,5-10H2,1-4H3. The average molecular weight is 227 g/mol. The highest BCUT2D eigenvalue weighted by Crippen LogP contribution is 2.30. The Morgan fingerprint density at radius 2 is 1.88 bits per heavy atom. The largest absolute Gasteiger partial charge is 0.390 e. The third kappa shape index (κ3) is 4.84. The van der Waals surface area contributed by atoms with Crippen molar-refractivity contribution in [2.45, 2.75) is 71.4 Å². The number of nitrogens with one attached hydrogen (secondary N) is 1. The van der Waals surface area contributed by atoms with E-state index in [4.69, 9.17) is 0 Å². The number of rotatable bonds is 5. The second-order valence-corrected chi connectivity index (χ2v) is 6.32. The summed E-state index contributed by atoms with van der Waals surface area (Å²) in [6.07, 6.45) is 6.29. The summed E-state index contributed by atoms with van der Waals surface area (Å²) in [5.41, 5.74) is -0.533. The normalized spacial score (nSPS) is 27.4. The molecular formula is C14H29NO. The Bertz CT molecular complexity index is 195. The summed E-state index contributed by atoms with van der Waals surface area (Å²) in [4.78, 5) is 0. The van der Waals surface area contributed by atoms with Crippen LogP contribution in [0.1, 0.15) is 59.8 Å². The van der Waals surface area contributed by atoms with Crippen molar-refractivity contribution in [1.29, 1.82) is 0 Å². The smallest absolute Gasteiger partial charge is 0.0603 e. The van der Waals surface area contributed by atoms with Crippen LogP contribution in [-0.4, -0.2) is 23.3 Å². The molecule has 0 aliphatic heterocycles. The van der Waals surface area contributed by atoms with Crippen LogP contribution in [-0.2, 0) is 0 Å². The highest BCUT2D eigenvalue weighted by Gasteiger charge is 2.27. The molecule has 0 bridgehead atoms. The van der Waals surface area contributed by atoms with Crippen LogP contribution in [0.15, 0.2) is 0 Å². The van der Waals surface area contributed by atoms with Gasteiger partial charge in [0.05, 0.1) is 5.60 Å². The second-order valence-electron chi connectivity index (χ2n) is 6.32. The minimum Gasteiger partial charge on any atom is -0.390 e. The fourth-order valence-electron chi connectivity index (χ4n) is 2.77. The number of hydrogen-bond acceptors (Lipinski definition) is 2. The Balaban J connectivity index is 2.33. The van der Waals surface area contributed by atoms with E-state index in [-0.39, 0.29) is 0 Å². The molecule has 1 rings (SSSR count). The van der Waals surface area contributed by atoms with Crippen LogP contribution in [0.25, 0.3) is 0 Å². The van der Waals surface area contributed by atoms with Crippen LogP contribution in [0.3, 0.4) is 0 Å². The van der Waals surface area contributed by atoms with Crippen molar-refractivity contribution in [2.75, 3.05) is 6.54 Å². The first-order chi connectivity index (χ1) is 7.40. The molecule has 1 aliphatic rings. The topological polar surface area (TPSA) is 32.3 Å². The zero-order valence-electron chi connectivity index (χ0n) is 11.4. The first kappa shape index (κ1) is 14.0. The molecule has 1 saturated carbocycles. The van der Waals surface area contributed by atoms with Gasteiger partial charge in [0, 0.05) is 6.04 Å². The van der Waals surface area contributed by atoms with E-state index in [9.17, 15) is 5.11 Å². The van der Waals surface area contributed by atoms with Crippen LogP contribution in [0, 0.1) is 11.8 Å². The average Bonchev–Trinajstić information content (AvgIpc) is 2.16. The predicted molar refractivity (Wildman–Crippen MR) is 69.5 cm³/mol. The summed E-state index contributed by atoms with van der Waals surface area (Å²) in [5.74, 6) is 1.61. The van der Waals surface area contributed by atoms with Crippen molar-refractivity contribution in [3.63, 3.8) is 0 Å². The van der Waals surface area contributed by atoms with Crippen molar-refractivity contribution >= 4 is 0 Å². The fourth-order valence-corrected chi connectivity index (χ4v) is 2.77. The van der Waals surface area contributed by atoms with Crippen molar-refractivity contribution in [3.8, 4) is 0 Å². The Morgan fingerprint density at radius 1 is 1.25 bits per heavy atom. The Morgan fingerprint density at radius 3 is 2.44 bits per heavy atom. The maximum absolute atomic E-state index is 9.68. The van der Waals surface area contributed by atoms with Crippen LogP contribution in [0.4, 0.5) is 0 Å². The molecule has 0 aromatic heterocycles. The molecule has 16 heavy (non-hydrogen) atoms. The van der Waals surface area contributed by atoms with Crippen LogP contribution >= 0.6 is 0 Å². The Hall–Kier alpha value is -0.0800. The van der Waals surface area contributed by atoms with Gasteiger partial charge >= 0.3 is 0 Å². The molecule has 0 radical (unpaired) electrons. The molecule has 2 atom stereocenters. The fraction of sp³-hybridized carbons (Fsp3) is 1.00. The summed E-state index contributed by atoms with van der Waals surface area (Å²) in [6, 6.07) is 0.677. The molecule has 2 N–H and O–H groups in total. The monoisotopic (exact) mass is 227 g/mol. The lowest BCUT2D eigenvalue weighted by Gasteiger charge is -2.35. The van der Waals surface area contributed by atoms with E-state index in [1.165, 1.54) is 25.7 Å². The maximum Gasteiger partial charge on any atom is 0.0603 e. The number of aliphatic hydroxyl groups is 1. The molecule has 0 amide bonds. The molecule has 0 aromatic rings. The van der Waals surface area contributed by atoms with Gasteiger partial charge in [-0.2, -0.15) is 0 Å². The summed E-state index contributed by atoms with van der Waals surface area (Å²) >= 11 is 0. The second kappa shape index (κ2) is 6.02. The molecular weight excluding hydrogens is 198 g/mol. The van der Waals surface area contributed by atoms with E-state index in [0.29, 0.717) is 6.04 Å². The Kier molecular flexibility index (Phi) is 5.26. The minimum atomic E-state index is -0.533. The summed E-state index contributed by atoms with van der Waals surface area (Å²) in [6.45, 7) is 9.38. The highest BCUT2D eigenvalue weighted by atomic mass is 16.3. The van der Waals surface area contributed by atoms with Crippen LogP contribution < -0.4 is 5.32 Å². The molecule has 0 aromatic carbocycles. The van der Waals surface area contributed by atoms with Gasteiger partial charge in [-0.3, -0.25) is 0 Å². The van der Waals surface area contributed by atoms with Gasteiger partial charge in [0.25, 0.3) is 0 Å². The number of hydrogen-bond donors (Lipinski definition) is 2. The first-order valence-corrected chi connectivity index (χ1v) is 6.86. The first-order valence-electron chi connectivity index (χ1n) is 6.86. The van der Waals surface area contributed by atoms with E-state index in [2.05, 4.69) is 19.2 Å². The van der Waals surface area contributed by atoms with Gasteiger partial charge in [-0.15, -0.1) is 0 Å². The zero-order chi connectivity index (χ0) is 12.2. The summed E-state index contributed by atoms with van der Waals surface area (Å²) < 4.78 is 0. The van der Waals surface area contributed by atoms with Gasteiger partial charge in [0.1, 0.15) is 0 Å². The predicted octanol–water partition coefficient (Wildman–Crippen LogP) is 2.95. The SMILES string of the molecule is CC(C)C1CCCCC1NCCC(C)(C)O. The van der Waals surface area contributed by atoms with Crippen LogP contribution in [0.2, 0.25) is 0 Å². The summed E-state index contributed by atoms with van der Waals surface area (Å²) in [7, 11) is 0. The molecule has 2 nitrogen and oxygen atoms in total. The minimum absolute atomic E-state index is 0.533. The van der Waals surface area contributed by atoms with E-state index in [1.807, 2.05) is 13.8 Å². The van der Waals surface area contributed by atoms with Crippen molar-refractivity contribution in [2.24, 2.45) is 11.8 Å². The van der Waals surface area contributed by atoms with Gasteiger partial charge in [0.15, 0.2) is 0 Å². The van der Waals surface area contributed by atoms with Gasteiger partial charge in [-0.05, 0) is 51.5 Å². The third-order valence-corrected chi connectivity index (χ3v) is 3.82. The van der Waals surface area contributed by atoms with Crippen LogP contribution in [0.5, 0.6) is 0 Å². The van der Waals surface area contributed by atoms with Gasteiger partial charge in [-0.25, -0.2) is 0 Å². The Labute approximate surface area is 101 Å². The lowest BCUT2D eigenvalue weighted by Crippen LogP contribution is -2.42. The van der Waals surface area contributed by atoms with Gasteiger partial charge in [0.2, 0.25) is 0 Å². The van der Waals surface area contributed by atoms with E-state index in [0.717, 1.165) is 24.8 Å². The van der Waals surface area contributed by atoms with E-state index >= 15 is 0 Å². The lowest BCUT2D eigenvalue weighted by molar-refractivity contribution is 0.0680. The van der Waals surface area contributed by atoms with Crippen molar-refractivity contribution in [3.05, 3.63) is 0 Å². The van der Waals surface area contributed by atoms with E-state index in [1.54, 1.807) is 0 Å². The van der Waals surface area contributed by atoms with Gasteiger partial charge < -0.3 is 10.4 Å². The van der Waals surface area contributed by atoms with Crippen molar-refractivity contribution < 1.29 is 5.11 Å². The van der Waals surface area contributed by atoms with E-state index < -0.39 is 5.60 Å². The molecule has 1 fully saturated rings. The highest BCUT2D eigenvalue weighted by molar-refractivity contribution is 4.83. The molecule has 0 heterocycles. The zero-order valence-corrected chi connectivity index (χ0v) is 11.4. The van der Waals surface area contributed by atoms with Gasteiger partial charge in [-0.1, -0.05) is 26.7 Å². The maximum atomic E-state index is 9.68. The quantitative estimate of drug-likeness (QED) is 0.757. The molecule has 96 valence electrons. The molecule has 2 unspecified atom stereocenters.